The number of hydrogen-bond donors (Lipinski definition) is 1. The zero-order valence-electron chi connectivity index (χ0n) is 6.09. The smallest absolute Gasteiger partial charge is 0.202 e. The summed E-state index contributed by atoms with van der Waals surface area (Å²) in [6, 6.07) is 0. The Labute approximate surface area is 74.3 Å². The highest BCUT2D eigenvalue weighted by Gasteiger charge is 1.97. The summed E-state index contributed by atoms with van der Waals surface area (Å²) in [7, 11) is 0. The van der Waals surface area contributed by atoms with Crippen molar-refractivity contribution in [2.24, 2.45) is 0 Å². The fraction of sp³-hybridized carbons (Fsp3) is 0.333. The van der Waals surface area contributed by atoms with Crippen molar-refractivity contribution in [2.45, 2.75) is 6.92 Å². The summed E-state index contributed by atoms with van der Waals surface area (Å²) < 4.78 is 3.99. The topological polar surface area (TPSA) is 37.8 Å². The zero-order chi connectivity index (χ0) is 8.27. The summed E-state index contributed by atoms with van der Waals surface area (Å²) >= 11 is 6.85. The van der Waals surface area contributed by atoms with Gasteiger partial charge in [-0.2, -0.15) is 4.37 Å². The maximum atomic E-state index is 5.53. The highest BCUT2D eigenvalue weighted by Crippen LogP contribution is 2.10. The summed E-state index contributed by atoms with van der Waals surface area (Å²) in [5.74, 6) is 0.776. The third kappa shape index (κ3) is 2.86. The van der Waals surface area contributed by atoms with E-state index in [0.29, 0.717) is 11.6 Å². The van der Waals surface area contributed by atoms with E-state index >= 15 is 0 Å². The molecule has 1 N–H and O–H groups in total. The van der Waals surface area contributed by atoms with Crippen LogP contribution in [0.1, 0.15) is 5.82 Å². The molecule has 11 heavy (non-hydrogen) atoms. The molecular weight excluding hydrogens is 182 g/mol. The lowest BCUT2D eigenvalue weighted by Gasteiger charge is -1.96. The van der Waals surface area contributed by atoms with Gasteiger partial charge in [0.05, 0.1) is 6.54 Å². The molecule has 0 aliphatic rings. The first-order valence-corrected chi connectivity index (χ1v) is 4.21. The van der Waals surface area contributed by atoms with Crippen molar-refractivity contribution in [2.75, 3.05) is 11.9 Å². The summed E-state index contributed by atoms with van der Waals surface area (Å²) in [6.45, 7) is 5.92. The Hall–Kier alpha value is -0.610. The molecule has 0 aromatic carbocycles. The van der Waals surface area contributed by atoms with Gasteiger partial charge in [0.2, 0.25) is 5.13 Å². The van der Waals surface area contributed by atoms with Crippen molar-refractivity contribution in [1.29, 1.82) is 0 Å². The van der Waals surface area contributed by atoms with Crippen LogP contribution in [0.25, 0.3) is 0 Å². The van der Waals surface area contributed by atoms with Gasteiger partial charge in [-0.25, -0.2) is 4.98 Å². The standard InChI is InChI=1S/C6H8ClN3S/c1-4(7)3-8-6-9-5(2)10-11-6/h1,3H2,2H3,(H,8,9,10). The molecule has 1 rings (SSSR count). The third-order valence-electron chi connectivity index (χ3n) is 0.959. The van der Waals surface area contributed by atoms with Crippen LogP contribution in [0.15, 0.2) is 11.6 Å². The molecule has 0 bridgehead atoms. The molecular formula is C6H8ClN3S. The molecule has 0 saturated heterocycles. The SMILES string of the molecule is C=C(Cl)CNc1nc(C)ns1. The van der Waals surface area contributed by atoms with E-state index in [0.717, 1.165) is 11.0 Å². The van der Waals surface area contributed by atoms with Gasteiger partial charge < -0.3 is 5.32 Å². The van der Waals surface area contributed by atoms with E-state index in [9.17, 15) is 0 Å². The van der Waals surface area contributed by atoms with Crippen LogP contribution in [-0.4, -0.2) is 15.9 Å². The van der Waals surface area contributed by atoms with Crippen LogP contribution in [-0.2, 0) is 0 Å². The Morgan fingerprint density at radius 1 is 1.82 bits per heavy atom. The van der Waals surface area contributed by atoms with Crippen molar-refractivity contribution in [1.82, 2.24) is 9.36 Å². The van der Waals surface area contributed by atoms with Crippen molar-refractivity contribution < 1.29 is 0 Å². The summed E-state index contributed by atoms with van der Waals surface area (Å²) in [6.07, 6.45) is 0. The second kappa shape index (κ2) is 3.69. The number of nitrogens with zero attached hydrogens (tertiary/aromatic N) is 2. The number of nitrogens with one attached hydrogen (secondary N) is 1. The third-order valence-corrected chi connectivity index (χ3v) is 1.86. The first-order valence-electron chi connectivity index (χ1n) is 3.06. The first-order chi connectivity index (χ1) is 5.18. The predicted octanol–water partition coefficient (Wildman–Crippen LogP) is 2.01. The lowest BCUT2D eigenvalue weighted by molar-refractivity contribution is 1.15. The fourth-order valence-corrected chi connectivity index (χ4v) is 1.18. The van der Waals surface area contributed by atoms with Gasteiger partial charge in [-0.05, 0) is 6.92 Å². The molecule has 1 aromatic rings. The maximum Gasteiger partial charge on any atom is 0.202 e. The Morgan fingerprint density at radius 2 is 2.55 bits per heavy atom. The van der Waals surface area contributed by atoms with Crippen LogP contribution in [0.5, 0.6) is 0 Å². The van der Waals surface area contributed by atoms with Gasteiger partial charge in [-0.3, -0.25) is 0 Å². The second-order valence-electron chi connectivity index (χ2n) is 2.02. The molecule has 0 aliphatic carbocycles. The fourth-order valence-electron chi connectivity index (χ4n) is 0.540. The van der Waals surface area contributed by atoms with Gasteiger partial charge in [-0.15, -0.1) is 0 Å². The van der Waals surface area contributed by atoms with E-state index in [2.05, 4.69) is 21.3 Å². The minimum atomic E-state index is 0.538. The summed E-state index contributed by atoms with van der Waals surface area (Å²) in [5, 5.41) is 4.33. The van der Waals surface area contributed by atoms with E-state index in [1.54, 1.807) is 0 Å². The van der Waals surface area contributed by atoms with Crippen molar-refractivity contribution in [3.8, 4) is 0 Å². The van der Waals surface area contributed by atoms with Crippen LogP contribution in [0.3, 0.4) is 0 Å². The molecule has 0 fully saturated rings. The minimum absolute atomic E-state index is 0.538. The van der Waals surface area contributed by atoms with E-state index < -0.39 is 0 Å². The summed E-state index contributed by atoms with van der Waals surface area (Å²) in [5.41, 5.74) is 0. The van der Waals surface area contributed by atoms with Crippen LogP contribution in [0.4, 0.5) is 5.13 Å². The Bertz CT molecular complexity index is 258. The van der Waals surface area contributed by atoms with Crippen LogP contribution in [0, 0.1) is 6.92 Å². The van der Waals surface area contributed by atoms with Crippen molar-refractivity contribution in [3.05, 3.63) is 17.4 Å². The number of halogens is 1. The Kier molecular flexibility index (Phi) is 2.84. The van der Waals surface area contributed by atoms with Crippen LogP contribution in [0.2, 0.25) is 0 Å². The number of anilines is 1. The predicted molar refractivity (Wildman–Crippen MR) is 48.1 cm³/mol. The second-order valence-corrected chi connectivity index (χ2v) is 3.30. The van der Waals surface area contributed by atoms with E-state index in [1.807, 2.05) is 6.92 Å². The monoisotopic (exact) mass is 189 g/mol. The highest BCUT2D eigenvalue weighted by molar-refractivity contribution is 7.09. The molecule has 0 unspecified atom stereocenters. The van der Waals surface area contributed by atoms with E-state index in [1.165, 1.54) is 11.5 Å². The molecule has 0 radical (unpaired) electrons. The van der Waals surface area contributed by atoms with Crippen LogP contribution >= 0.6 is 23.1 Å². The molecule has 0 spiro atoms. The normalized spacial score (nSPS) is 9.64. The van der Waals surface area contributed by atoms with E-state index in [-0.39, 0.29) is 0 Å². The van der Waals surface area contributed by atoms with Gasteiger partial charge in [0.1, 0.15) is 5.82 Å². The molecule has 0 atom stereocenters. The van der Waals surface area contributed by atoms with Gasteiger partial charge in [0.15, 0.2) is 0 Å². The highest BCUT2D eigenvalue weighted by atomic mass is 35.5. The summed E-state index contributed by atoms with van der Waals surface area (Å²) in [4.78, 5) is 4.08. The molecule has 1 aromatic heterocycles. The van der Waals surface area contributed by atoms with Gasteiger partial charge >= 0.3 is 0 Å². The number of aryl methyl sites for hydroxylation is 1. The molecule has 60 valence electrons. The average Bonchev–Trinajstić information content (AvgIpc) is 2.31. The van der Waals surface area contributed by atoms with Crippen molar-refractivity contribution in [3.63, 3.8) is 0 Å². The first kappa shape index (κ1) is 8.49. The lowest BCUT2D eigenvalue weighted by atomic mass is 10.6. The number of hydrogen-bond acceptors (Lipinski definition) is 4. The largest absolute Gasteiger partial charge is 0.355 e. The maximum absolute atomic E-state index is 5.53. The van der Waals surface area contributed by atoms with Gasteiger partial charge in [0.25, 0.3) is 0 Å². The number of rotatable bonds is 3. The van der Waals surface area contributed by atoms with E-state index in [4.69, 9.17) is 11.6 Å². The number of aromatic nitrogens is 2. The molecule has 0 aliphatic heterocycles. The molecule has 1 heterocycles. The average molecular weight is 190 g/mol. The molecule has 3 nitrogen and oxygen atoms in total. The zero-order valence-corrected chi connectivity index (χ0v) is 7.67. The Balaban J connectivity index is 2.45. The van der Waals surface area contributed by atoms with Gasteiger partial charge in [0, 0.05) is 16.6 Å². The molecule has 0 saturated carbocycles. The lowest BCUT2D eigenvalue weighted by Crippen LogP contribution is -1.99. The van der Waals surface area contributed by atoms with Crippen LogP contribution < -0.4 is 5.32 Å². The molecule has 5 heteroatoms. The van der Waals surface area contributed by atoms with Crippen molar-refractivity contribution >= 4 is 28.3 Å². The van der Waals surface area contributed by atoms with Gasteiger partial charge in [-0.1, -0.05) is 18.2 Å². The molecule has 0 amide bonds. The quantitative estimate of drug-likeness (QED) is 0.791. The minimum Gasteiger partial charge on any atom is -0.355 e. The Morgan fingerprint density at radius 3 is 3.00 bits per heavy atom.